The normalized spacial score (nSPS) is 14.5. The standard InChI is InChI=1S/C19H20N4O/c1-13-19(14(2)24-21-13)16-6-7-17-18(9-16)23(12-20-17)11-15-5-4-8-22(3)10-15/h4-7,9-10,12H,8,11H2,1-3H3. The third-order valence-electron chi connectivity index (χ3n) is 4.41. The molecule has 0 atom stereocenters. The van der Waals surface area contributed by atoms with Crippen LogP contribution in [0, 0.1) is 13.8 Å². The van der Waals surface area contributed by atoms with Gasteiger partial charge < -0.3 is 14.0 Å². The van der Waals surface area contributed by atoms with E-state index in [9.17, 15) is 0 Å². The number of benzene rings is 1. The van der Waals surface area contributed by atoms with Crippen LogP contribution >= 0.6 is 0 Å². The monoisotopic (exact) mass is 320 g/mol. The van der Waals surface area contributed by atoms with Crippen molar-refractivity contribution in [2.45, 2.75) is 20.4 Å². The zero-order chi connectivity index (χ0) is 16.7. The lowest BCUT2D eigenvalue weighted by Crippen LogP contribution is -2.15. The van der Waals surface area contributed by atoms with Crippen molar-refractivity contribution in [1.29, 1.82) is 0 Å². The smallest absolute Gasteiger partial charge is 0.141 e. The van der Waals surface area contributed by atoms with Gasteiger partial charge in [-0.05, 0) is 37.1 Å². The van der Waals surface area contributed by atoms with E-state index < -0.39 is 0 Å². The molecule has 0 radical (unpaired) electrons. The molecule has 1 aliphatic rings. The highest BCUT2D eigenvalue weighted by molar-refractivity contribution is 5.83. The molecule has 0 saturated carbocycles. The summed E-state index contributed by atoms with van der Waals surface area (Å²) in [5, 5.41) is 4.06. The summed E-state index contributed by atoms with van der Waals surface area (Å²) in [7, 11) is 2.09. The average molecular weight is 320 g/mol. The first-order chi connectivity index (χ1) is 11.6. The summed E-state index contributed by atoms with van der Waals surface area (Å²) in [5.74, 6) is 0.845. The third kappa shape index (κ3) is 2.52. The van der Waals surface area contributed by atoms with Gasteiger partial charge in [-0.3, -0.25) is 0 Å². The van der Waals surface area contributed by atoms with Crippen molar-refractivity contribution in [1.82, 2.24) is 19.6 Å². The minimum atomic E-state index is 0.808. The number of aromatic nitrogens is 3. The number of hydrogen-bond donors (Lipinski definition) is 0. The predicted octanol–water partition coefficient (Wildman–Crippen LogP) is 3.69. The van der Waals surface area contributed by atoms with Crippen LogP contribution in [0.4, 0.5) is 0 Å². The molecule has 1 aliphatic heterocycles. The van der Waals surface area contributed by atoms with Gasteiger partial charge >= 0.3 is 0 Å². The molecular weight excluding hydrogens is 300 g/mol. The van der Waals surface area contributed by atoms with Gasteiger partial charge in [0.25, 0.3) is 0 Å². The highest BCUT2D eigenvalue weighted by Gasteiger charge is 2.13. The highest BCUT2D eigenvalue weighted by Crippen LogP contribution is 2.29. The van der Waals surface area contributed by atoms with Crippen molar-refractivity contribution in [3.8, 4) is 11.1 Å². The molecule has 122 valence electrons. The summed E-state index contributed by atoms with van der Waals surface area (Å²) in [6, 6.07) is 6.32. The van der Waals surface area contributed by atoms with Gasteiger partial charge in [0, 0.05) is 25.4 Å². The lowest BCUT2D eigenvalue weighted by Gasteiger charge is -2.18. The summed E-state index contributed by atoms with van der Waals surface area (Å²) in [6.07, 6.45) is 8.46. The molecule has 0 fully saturated rings. The Morgan fingerprint density at radius 1 is 1.25 bits per heavy atom. The summed E-state index contributed by atoms with van der Waals surface area (Å²) in [4.78, 5) is 6.71. The van der Waals surface area contributed by atoms with E-state index >= 15 is 0 Å². The summed E-state index contributed by atoms with van der Waals surface area (Å²) < 4.78 is 7.50. The molecule has 2 aromatic heterocycles. The topological polar surface area (TPSA) is 47.1 Å². The second-order valence-electron chi connectivity index (χ2n) is 6.32. The summed E-state index contributed by atoms with van der Waals surface area (Å²) in [5.41, 5.74) is 6.49. The van der Waals surface area contributed by atoms with Gasteiger partial charge in [0.2, 0.25) is 0 Å². The minimum absolute atomic E-state index is 0.808. The fourth-order valence-electron chi connectivity index (χ4n) is 3.27. The first-order valence-corrected chi connectivity index (χ1v) is 8.07. The molecule has 24 heavy (non-hydrogen) atoms. The van der Waals surface area contributed by atoms with Crippen LogP contribution in [0.2, 0.25) is 0 Å². The molecule has 0 unspecified atom stereocenters. The fraction of sp³-hybridized carbons (Fsp3) is 0.263. The molecule has 5 heteroatoms. The Morgan fingerprint density at radius 3 is 2.88 bits per heavy atom. The molecule has 1 aromatic carbocycles. The van der Waals surface area contributed by atoms with Crippen molar-refractivity contribution in [3.63, 3.8) is 0 Å². The molecule has 3 aromatic rings. The molecule has 0 spiro atoms. The average Bonchev–Trinajstić information content (AvgIpc) is 3.11. The van der Waals surface area contributed by atoms with Crippen LogP contribution in [0.25, 0.3) is 22.2 Å². The van der Waals surface area contributed by atoms with Crippen molar-refractivity contribution in [2.75, 3.05) is 13.6 Å². The van der Waals surface area contributed by atoms with Gasteiger partial charge in [-0.2, -0.15) is 0 Å². The number of aryl methyl sites for hydroxylation is 2. The van der Waals surface area contributed by atoms with Crippen LogP contribution in [0.15, 0.2) is 53.0 Å². The second-order valence-corrected chi connectivity index (χ2v) is 6.32. The maximum atomic E-state index is 5.31. The molecule has 4 rings (SSSR count). The van der Waals surface area contributed by atoms with E-state index in [1.54, 1.807) is 0 Å². The van der Waals surface area contributed by atoms with Crippen LogP contribution < -0.4 is 0 Å². The van der Waals surface area contributed by atoms with E-state index in [0.29, 0.717) is 0 Å². The van der Waals surface area contributed by atoms with Crippen molar-refractivity contribution in [3.05, 3.63) is 59.9 Å². The van der Waals surface area contributed by atoms with Gasteiger partial charge in [0.1, 0.15) is 5.76 Å². The van der Waals surface area contributed by atoms with Crippen LogP contribution in [0.3, 0.4) is 0 Å². The number of rotatable bonds is 3. The third-order valence-corrected chi connectivity index (χ3v) is 4.41. The van der Waals surface area contributed by atoms with Gasteiger partial charge in [0.15, 0.2) is 0 Å². The van der Waals surface area contributed by atoms with Gasteiger partial charge in [0.05, 0.1) is 29.6 Å². The van der Waals surface area contributed by atoms with Crippen LogP contribution in [-0.4, -0.2) is 33.2 Å². The Morgan fingerprint density at radius 2 is 2.12 bits per heavy atom. The zero-order valence-corrected chi connectivity index (χ0v) is 14.2. The first-order valence-electron chi connectivity index (χ1n) is 8.07. The van der Waals surface area contributed by atoms with E-state index in [1.165, 1.54) is 5.57 Å². The summed E-state index contributed by atoms with van der Waals surface area (Å²) >= 11 is 0. The molecule has 0 bridgehead atoms. The Hall–Kier alpha value is -2.82. The highest BCUT2D eigenvalue weighted by atomic mass is 16.5. The zero-order valence-electron chi connectivity index (χ0n) is 14.2. The molecule has 0 saturated heterocycles. The SMILES string of the molecule is Cc1noc(C)c1-c1ccc2ncn(CC3=CN(C)CC=C3)c2c1. The van der Waals surface area contributed by atoms with Gasteiger partial charge in [-0.1, -0.05) is 23.4 Å². The van der Waals surface area contributed by atoms with Crippen LogP contribution in [0.1, 0.15) is 11.5 Å². The lowest BCUT2D eigenvalue weighted by atomic mass is 10.0. The number of fused-ring (bicyclic) bond motifs is 1. The molecule has 0 N–H and O–H groups in total. The van der Waals surface area contributed by atoms with Gasteiger partial charge in [-0.15, -0.1) is 0 Å². The molecule has 3 heterocycles. The molecule has 0 amide bonds. The van der Waals surface area contributed by atoms with Crippen molar-refractivity contribution < 1.29 is 4.52 Å². The van der Waals surface area contributed by atoms with Gasteiger partial charge in [-0.25, -0.2) is 4.98 Å². The number of imidazole rings is 1. The Bertz CT molecular complexity index is 942. The second kappa shape index (κ2) is 5.67. The molecule has 0 aliphatic carbocycles. The van der Waals surface area contributed by atoms with E-state index in [4.69, 9.17) is 4.52 Å². The maximum Gasteiger partial charge on any atom is 0.141 e. The predicted molar refractivity (Wildman–Crippen MR) is 94.6 cm³/mol. The van der Waals surface area contributed by atoms with Crippen LogP contribution in [0.5, 0.6) is 0 Å². The lowest BCUT2D eigenvalue weighted by molar-refractivity contribution is 0.393. The van der Waals surface area contributed by atoms with E-state index in [1.807, 2.05) is 20.2 Å². The number of allylic oxidation sites excluding steroid dienone is 2. The Kier molecular flexibility index (Phi) is 3.49. The van der Waals surface area contributed by atoms with E-state index in [2.05, 4.69) is 63.2 Å². The quantitative estimate of drug-likeness (QED) is 0.738. The fourth-order valence-corrected chi connectivity index (χ4v) is 3.27. The molecule has 5 nitrogen and oxygen atoms in total. The minimum Gasteiger partial charge on any atom is -0.376 e. The Labute approximate surface area is 140 Å². The van der Waals surface area contributed by atoms with E-state index in [0.717, 1.165) is 46.7 Å². The largest absolute Gasteiger partial charge is 0.376 e. The molecular formula is C19H20N4O. The van der Waals surface area contributed by atoms with E-state index in [-0.39, 0.29) is 0 Å². The number of likely N-dealkylation sites (N-methyl/N-ethyl adjacent to an activating group) is 1. The summed E-state index contributed by atoms with van der Waals surface area (Å²) in [6.45, 7) is 5.69. The first kappa shape index (κ1) is 14.8. The number of nitrogens with zero attached hydrogens (tertiary/aromatic N) is 4. The number of hydrogen-bond acceptors (Lipinski definition) is 4. The Balaban J connectivity index is 1.75. The van der Waals surface area contributed by atoms with Crippen molar-refractivity contribution >= 4 is 11.0 Å². The van der Waals surface area contributed by atoms with Crippen molar-refractivity contribution in [2.24, 2.45) is 0 Å². The maximum absolute atomic E-state index is 5.31. The van der Waals surface area contributed by atoms with Crippen LogP contribution in [-0.2, 0) is 6.54 Å².